The summed E-state index contributed by atoms with van der Waals surface area (Å²) in [7, 11) is 1.81. The van der Waals surface area contributed by atoms with Gasteiger partial charge in [0.25, 0.3) is 0 Å². The average Bonchev–Trinajstić information content (AvgIpc) is 2.72. The largest absolute Gasteiger partial charge is 0.383 e. The molecule has 2 aliphatic heterocycles. The van der Waals surface area contributed by atoms with Crippen LogP contribution in [-0.2, 0) is 4.74 Å². The van der Waals surface area contributed by atoms with Crippen LogP contribution in [0.5, 0.6) is 0 Å². The summed E-state index contributed by atoms with van der Waals surface area (Å²) in [5.74, 6) is 0. The smallest absolute Gasteiger partial charge is 0.0618 e. The van der Waals surface area contributed by atoms with Crippen LogP contribution in [0.1, 0.15) is 32.1 Å². The molecule has 2 saturated heterocycles. The molecule has 4 heteroatoms. The number of ether oxygens (including phenoxy) is 1. The molecule has 0 amide bonds. The third-order valence-electron chi connectivity index (χ3n) is 4.45. The number of hydrogen-bond acceptors (Lipinski definition) is 4. The van der Waals surface area contributed by atoms with Gasteiger partial charge < -0.3 is 10.5 Å². The van der Waals surface area contributed by atoms with Gasteiger partial charge in [-0.05, 0) is 58.3 Å². The van der Waals surface area contributed by atoms with Gasteiger partial charge in [-0.2, -0.15) is 0 Å². The molecule has 0 aromatic heterocycles. The second-order valence-electron chi connectivity index (χ2n) is 5.72. The molecule has 2 N–H and O–H groups in total. The summed E-state index contributed by atoms with van der Waals surface area (Å²) in [6, 6.07) is 1.36. The number of nitrogens with two attached hydrogens (primary N) is 1. The molecular weight excluding hydrogens is 226 g/mol. The van der Waals surface area contributed by atoms with Gasteiger partial charge in [-0.3, -0.25) is 9.80 Å². The quantitative estimate of drug-likeness (QED) is 0.766. The minimum Gasteiger partial charge on any atom is -0.383 e. The Hall–Kier alpha value is -0.160. The Balaban J connectivity index is 1.91. The van der Waals surface area contributed by atoms with Gasteiger partial charge in [0.1, 0.15) is 0 Å². The summed E-state index contributed by atoms with van der Waals surface area (Å²) < 4.78 is 5.41. The predicted molar refractivity (Wildman–Crippen MR) is 74.7 cm³/mol. The number of hydrogen-bond donors (Lipinski definition) is 1. The molecule has 0 bridgehead atoms. The molecule has 2 unspecified atom stereocenters. The number of fused-ring (bicyclic) bond motifs is 1. The highest BCUT2D eigenvalue weighted by molar-refractivity contribution is 4.87. The highest BCUT2D eigenvalue weighted by Crippen LogP contribution is 2.23. The van der Waals surface area contributed by atoms with Crippen molar-refractivity contribution in [1.82, 2.24) is 9.80 Å². The van der Waals surface area contributed by atoms with Crippen LogP contribution in [0, 0.1) is 0 Å². The molecule has 0 spiro atoms. The summed E-state index contributed by atoms with van der Waals surface area (Å²) in [5.41, 5.74) is 5.65. The lowest BCUT2D eigenvalue weighted by Gasteiger charge is -2.32. The molecule has 0 radical (unpaired) electrons. The Morgan fingerprint density at radius 1 is 1.28 bits per heavy atom. The van der Waals surface area contributed by atoms with Crippen molar-refractivity contribution in [1.29, 1.82) is 0 Å². The lowest BCUT2D eigenvalue weighted by atomic mass is 10.1. The summed E-state index contributed by atoms with van der Waals surface area (Å²) in [6.07, 6.45) is 6.36. The Morgan fingerprint density at radius 2 is 2.11 bits per heavy atom. The molecule has 2 heterocycles. The van der Waals surface area contributed by atoms with E-state index in [0.29, 0.717) is 6.04 Å². The zero-order chi connectivity index (χ0) is 12.8. The van der Waals surface area contributed by atoms with E-state index in [1.54, 1.807) is 0 Å². The van der Waals surface area contributed by atoms with Crippen molar-refractivity contribution in [3.63, 3.8) is 0 Å². The van der Waals surface area contributed by atoms with Crippen LogP contribution in [-0.4, -0.2) is 68.3 Å². The second-order valence-corrected chi connectivity index (χ2v) is 5.72. The lowest BCUT2D eigenvalue weighted by molar-refractivity contribution is 0.0788. The fraction of sp³-hybridized carbons (Fsp3) is 1.00. The van der Waals surface area contributed by atoms with Crippen molar-refractivity contribution in [3.05, 3.63) is 0 Å². The highest BCUT2D eigenvalue weighted by atomic mass is 16.5. The first-order valence-corrected chi connectivity index (χ1v) is 7.52. The van der Waals surface area contributed by atoms with E-state index in [2.05, 4.69) is 9.80 Å². The van der Waals surface area contributed by atoms with Gasteiger partial charge in [0.2, 0.25) is 0 Å². The van der Waals surface area contributed by atoms with E-state index in [-0.39, 0.29) is 0 Å². The van der Waals surface area contributed by atoms with Gasteiger partial charge in [0, 0.05) is 25.7 Å². The molecule has 2 aliphatic rings. The summed E-state index contributed by atoms with van der Waals surface area (Å²) in [6.45, 7) is 6.72. The second kappa shape index (κ2) is 7.43. The maximum absolute atomic E-state index is 5.65. The van der Waals surface area contributed by atoms with E-state index < -0.39 is 0 Å². The summed E-state index contributed by atoms with van der Waals surface area (Å²) >= 11 is 0. The topological polar surface area (TPSA) is 41.7 Å². The Bertz CT molecular complexity index is 237. The van der Waals surface area contributed by atoms with E-state index in [9.17, 15) is 0 Å². The molecule has 0 aromatic rings. The maximum atomic E-state index is 5.65. The summed E-state index contributed by atoms with van der Waals surface area (Å²) in [5, 5.41) is 0. The van der Waals surface area contributed by atoms with Gasteiger partial charge >= 0.3 is 0 Å². The van der Waals surface area contributed by atoms with Crippen LogP contribution >= 0.6 is 0 Å². The average molecular weight is 255 g/mol. The van der Waals surface area contributed by atoms with Gasteiger partial charge in [-0.1, -0.05) is 0 Å². The van der Waals surface area contributed by atoms with Gasteiger partial charge in [-0.15, -0.1) is 0 Å². The standard InChI is InChI=1S/C14H29N3O/c1-18-12-14(5-2-7-15)17-10-4-9-16-8-3-6-13(16)11-17/h13-14H,2-12,15H2,1H3. The molecule has 4 nitrogen and oxygen atoms in total. The van der Waals surface area contributed by atoms with Crippen molar-refractivity contribution in [2.24, 2.45) is 5.73 Å². The predicted octanol–water partition coefficient (Wildman–Crippen LogP) is 0.910. The van der Waals surface area contributed by atoms with Crippen LogP contribution in [0.15, 0.2) is 0 Å². The van der Waals surface area contributed by atoms with Crippen molar-refractivity contribution in [2.75, 3.05) is 46.4 Å². The first-order chi connectivity index (χ1) is 8.85. The van der Waals surface area contributed by atoms with Crippen molar-refractivity contribution >= 4 is 0 Å². The van der Waals surface area contributed by atoms with Crippen LogP contribution < -0.4 is 5.73 Å². The molecule has 2 fully saturated rings. The van der Waals surface area contributed by atoms with Crippen molar-refractivity contribution in [3.8, 4) is 0 Å². The van der Waals surface area contributed by atoms with Gasteiger partial charge in [-0.25, -0.2) is 0 Å². The Kier molecular flexibility index (Phi) is 5.89. The molecule has 18 heavy (non-hydrogen) atoms. The van der Waals surface area contributed by atoms with Gasteiger partial charge in [0.15, 0.2) is 0 Å². The third-order valence-corrected chi connectivity index (χ3v) is 4.45. The lowest BCUT2D eigenvalue weighted by Crippen LogP contribution is -2.44. The van der Waals surface area contributed by atoms with Crippen LogP contribution in [0.2, 0.25) is 0 Å². The first kappa shape index (κ1) is 14.3. The Morgan fingerprint density at radius 3 is 2.89 bits per heavy atom. The first-order valence-electron chi connectivity index (χ1n) is 7.52. The number of nitrogens with zero attached hydrogens (tertiary/aromatic N) is 2. The van der Waals surface area contributed by atoms with E-state index in [0.717, 1.165) is 25.6 Å². The Labute approximate surface area is 111 Å². The molecule has 106 valence electrons. The fourth-order valence-corrected chi connectivity index (χ4v) is 3.48. The molecular formula is C14H29N3O. The minimum absolute atomic E-state index is 0.569. The monoisotopic (exact) mass is 255 g/mol. The fourth-order valence-electron chi connectivity index (χ4n) is 3.48. The molecule has 0 aromatic carbocycles. The zero-order valence-corrected chi connectivity index (χ0v) is 11.8. The van der Waals surface area contributed by atoms with Crippen molar-refractivity contribution in [2.45, 2.75) is 44.2 Å². The van der Waals surface area contributed by atoms with E-state index in [1.807, 2.05) is 7.11 Å². The molecule has 0 saturated carbocycles. The molecule has 0 aliphatic carbocycles. The minimum atomic E-state index is 0.569. The SMILES string of the molecule is COCC(CCCN)N1CCCN2CCCC2C1. The normalized spacial score (nSPS) is 28.0. The van der Waals surface area contributed by atoms with Crippen LogP contribution in [0.4, 0.5) is 0 Å². The summed E-state index contributed by atoms with van der Waals surface area (Å²) in [4.78, 5) is 5.35. The molecule has 2 atom stereocenters. The van der Waals surface area contributed by atoms with Gasteiger partial charge in [0.05, 0.1) is 6.61 Å². The maximum Gasteiger partial charge on any atom is 0.0618 e. The number of rotatable bonds is 6. The van der Waals surface area contributed by atoms with Crippen LogP contribution in [0.25, 0.3) is 0 Å². The number of methoxy groups -OCH3 is 1. The third kappa shape index (κ3) is 3.67. The van der Waals surface area contributed by atoms with E-state index >= 15 is 0 Å². The molecule has 2 rings (SSSR count). The van der Waals surface area contributed by atoms with E-state index in [4.69, 9.17) is 10.5 Å². The van der Waals surface area contributed by atoms with E-state index in [1.165, 1.54) is 51.9 Å². The van der Waals surface area contributed by atoms with Crippen molar-refractivity contribution < 1.29 is 4.74 Å². The van der Waals surface area contributed by atoms with Crippen LogP contribution in [0.3, 0.4) is 0 Å². The highest BCUT2D eigenvalue weighted by Gasteiger charge is 2.31. The zero-order valence-electron chi connectivity index (χ0n) is 11.8.